The van der Waals surface area contributed by atoms with E-state index in [1.807, 2.05) is 18.2 Å². The minimum atomic E-state index is 0.625. The van der Waals surface area contributed by atoms with Crippen LogP contribution in [0.4, 0.5) is 5.69 Å². The molecule has 0 spiro atoms. The highest BCUT2D eigenvalue weighted by molar-refractivity contribution is 7.98. The van der Waals surface area contributed by atoms with E-state index in [9.17, 15) is 0 Å². The molecule has 0 saturated heterocycles. The van der Waals surface area contributed by atoms with Crippen LogP contribution in [0.3, 0.4) is 0 Å². The molecule has 0 bridgehead atoms. The van der Waals surface area contributed by atoms with Crippen LogP contribution in [0.2, 0.25) is 5.02 Å². The van der Waals surface area contributed by atoms with Crippen LogP contribution in [0, 0.1) is 13.8 Å². The van der Waals surface area contributed by atoms with Crippen molar-refractivity contribution in [3.05, 3.63) is 58.1 Å². The number of hydrogen-bond acceptors (Lipinski definition) is 2. The zero-order valence-corrected chi connectivity index (χ0v) is 12.1. The Labute approximate surface area is 117 Å². The minimum absolute atomic E-state index is 0.625. The van der Waals surface area contributed by atoms with Crippen molar-refractivity contribution in [1.82, 2.24) is 0 Å². The maximum atomic E-state index is 6.00. The van der Waals surface area contributed by atoms with Crippen molar-refractivity contribution >= 4 is 29.1 Å². The van der Waals surface area contributed by atoms with E-state index < -0.39 is 0 Å². The van der Waals surface area contributed by atoms with Gasteiger partial charge in [-0.2, -0.15) is 0 Å². The van der Waals surface area contributed by atoms with E-state index in [1.54, 1.807) is 11.8 Å². The van der Waals surface area contributed by atoms with Crippen LogP contribution in [0.25, 0.3) is 0 Å². The fourth-order valence-electron chi connectivity index (χ4n) is 1.66. The average Bonchev–Trinajstić information content (AvgIpc) is 2.35. The van der Waals surface area contributed by atoms with Gasteiger partial charge in [-0.25, -0.2) is 0 Å². The molecule has 2 aromatic rings. The number of rotatable bonds is 3. The molecule has 0 aromatic heterocycles. The Morgan fingerprint density at radius 1 is 1.06 bits per heavy atom. The van der Waals surface area contributed by atoms with Gasteiger partial charge in [0.25, 0.3) is 0 Å². The number of aryl methyl sites for hydroxylation is 2. The van der Waals surface area contributed by atoms with Crippen LogP contribution in [0.5, 0.6) is 0 Å². The first-order chi connectivity index (χ1) is 8.56. The molecule has 2 N–H and O–H groups in total. The van der Waals surface area contributed by atoms with Gasteiger partial charge in [0.15, 0.2) is 0 Å². The number of thioether (sulfide) groups is 1. The van der Waals surface area contributed by atoms with E-state index in [1.165, 1.54) is 16.7 Å². The molecule has 0 amide bonds. The van der Waals surface area contributed by atoms with Crippen molar-refractivity contribution in [2.24, 2.45) is 0 Å². The van der Waals surface area contributed by atoms with Crippen LogP contribution >= 0.6 is 23.4 Å². The lowest BCUT2D eigenvalue weighted by atomic mass is 10.1. The molecule has 3 heteroatoms. The lowest BCUT2D eigenvalue weighted by Gasteiger charge is -2.06. The van der Waals surface area contributed by atoms with Crippen molar-refractivity contribution < 1.29 is 0 Å². The summed E-state index contributed by atoms with van der Waals surface area (Å²) in [7, 11) is 0. The number of nitrogens with two attached hydrogens (primary N) is 1. The molecule has 0 heterocycles. The molecular weight excluding hydrogens is 262 g/mol. The van der Waals surface area contributed by atoms with E-state index in [0.29, 0.717) is 10.7 Å². The predicted octanol–water partition coefficient (Wildman–Crippen LogP) is 4.83. The Kier molecular flexibility index (Phi) is 4.20. The van der Waals surface area contributed by atoms with Crippen LogP contribution in [-0.4, -0.2) is 0 Å². The maximum Gasteiger partial charge on any atom is 0.0646 e. The highest BCUT2D eigenvalue weighted by atomic mass is 35.5. The highest BCUT2D eigenvalue weighted by Gasteiger charge is 2.01. The van der Waals surface area contributed by atoms with Crippen molar-refractivity contribution in [2.75, 3.05) is 5.73 Å². The Morgan fingerprint density at radius 3 is 2.50 bits per heavy atom. The summed E-state index contributed by atoms with van der Waals surface area (Å²) in [6.45, 7) is 4.27. The zero-order chi connectivity index (χ0) is 13.1. The molecule has 0 aliphatic rings. The molecular formula is C15H16ClNS. The Morgan fingerprint density at radius 2 is 1.83 bits per heavy atom. The molecule has 0 aliphatic carbocycles. The average molecular weight is 278 g/mol. The first-order valence-corrected chi connectivity index (χ1v) is 7.16. The van der Waals surface area contributed by atoms with E-state index in [-0.39, 0.29) is 0 Å². The summed E-state index contributed by atoms with van der Waals surface area (Å²) in [6, 6.07) is 12.4. The zero-order valence-electron chi connectivity index (χ0n) is 10.5. The third-order valence-electron chi connectivity index (χ3n) is 2.95. The van der Waals surface area contributed by atoms with Crippen molar-refractivity contribution in [1.29, 1.82) is 0 Å². The lowest BCUT2D eigenvalue weighted by molar-refractivity contribution is 1.28. The quantitative estimate of drug-likeness (QED) is 0.642. The van der Waals surface area contributed by atoms with Gasteiger partial charge >= 0.3 is 0 Å². The van der Waals surface area contributed by atoms with Crippen LogP contribution in [0.1, 0.15) is 16.7 Å². The fraction of sp³-hybridized carbons (Fsp3) is 0.200. The first-order valence-electron chi connectivity index (χ1n) is 5.80. The van der Waals surface area contributed by atoms with Crippen LogP contribution in [0.15, 0.2) is 41.3 Å². The van der Waals surface area contributed by atoms with Gasteiger partial charge in [-0.05, 0) is 48.7 Å². The second-order valence-corrected chi connectivity index (χ2v) is 5.85. The second-order valence-electron chi connectivity index (χ2n) is 4.39. The molecule has 0 radical (unpaired) electrons. The topological polar surface area (TPSA) is 26.0 Å². The molecule has 2 rings (SSSR count). The van der Waals surface area contributed by atoms with Crippen molar-refractivity contribution in [2.45, 2.75) is 24.5 Å². The van der Waals surface area contributed by atoms with Gasteiger partial charge in [0.05, 0.1) is 10.7 Å². The lowest BCUT2D eigenvalue weighted by Crippen LogP contribution is -1.87. The monoisotopic (exact) mass is 277 g/mol. The summed E-state index contributed by atoms with van der Waals surface area (Å²) in [5.41, 5.74) is 10.3. The number of hydrogen-bond donors (Lipinski definition) is 1. The summed E-state index contributed by atoms with van der Waals surface area (Å²) < 4.78 is 0. The molecule has 0 aliphatic heterocycles. The summed E-state index contributed by atoms with van der Waals surface area (Å²) in [5.74, 6) is 0.946. The largest absolute Gasteiger partial charge is 0.398 e. The standard InChI is InChI=1S/C15H16ClNS/c1-10-3-4-12(7-11(10)2)9-18-13-5-6-15(17)14(16)8-13/h3-8H,9,17H2,1-2H3. The Hall–Kier alpha value is -1.12. The highest BCUT2D eigenvalue weighted by Crippen LogP contribution is 2.28. The van der Waals surface area contributed by atoms with Gasteiger partial charge in [-0.15, -0.1) is 11.8 Å². The number of anilines is 1. The molecule has 0 unspecified atom stereocenters. The van der Waals surface area contributed by atoms with Gasteiger partial charge in [0.1, 0.15) is 0 Å². The number of halogens is 1. The minimum Gasteiger partial charge on any atom is -0.398 e. The van der Waals surface area contributed by atoms with Crippen LogP contribution in [-0.2, 0) is 5.75 Å². The summed E-state index contributed by atoms with van der Waals surface area (Å²) in [6.07, 6.45) is 0. The molecule has 1 nitrogen and oxygen atoms in total. The summed E-state index contributed by atoms with van der Waals surface area (Å²) in [5, 5.41) is 0.625. The predicted molar refractivity (Wildman–Crippen MR) is 81.3 cm³/mol. The molecule has 0 saturated carbocycles. The molecule has 0 fully saturated rings. The summed E-state index contributed by atoms with van der Waals surface area (Å²) in [4.78, 5) is 1.15. The van der Waals surface area contributed by atoms with Gasteiger partial charge in [0.2, 0.25) is 0 Å². The summed E-state index contributed by atoms with van der Waals surface area (Å²) >= 11 is 7.77. The molecule has 94 valence electrons. The Balaban J connectivity index is 2.06. The third-order valence-corrected chi connectivity index (χ3v) is 4.34. The maximum absolute atomic E-state index is 6.00. The number of nitrogen functional groups attached to an aromatic ring is 1. The van der Waals surface area contributed by atoms with Crippen molar-refractivity contribution in [3.63, 3.8) is 0 Å². The smallest absolute Gasteiger partial charge is 0.0646 e. The van der Waals surface area contributed by atoms with E-state index in [0.717, 1.165) is 10.6 Å². The molecule has 0 atom stereocenters. The van der Waals surface area contributed by atoms with E-state index >= 15 is 0 Å². The number of benzene rings is 2. The normalized spacial score (nSPS) is 10.6. The van der Waals surface area contributed by atoms with Gasteiger partial charge in [0, 0.05) is 10.6 Å². The van der Waals surface area contributed by atoms with E-state index in [4.69, 9.17) is 17.3 Å². The van der Waals surface area contributed by atoms with Gasteiger partial charge in [-0.3, -0.25) is 0 Å². The molecule has 18 heavy (non-hydrogen) atoms. The fourth-order valence-corrected chi connectivity index (χ4v) is 2.78. The van der Waals surface area contributed by atoms with E-state index in [2.05, 4.69) is 32.0 Å². The van der Waals surface area contributed by atoms with Crippen LogP contribution < -0.4 is 5.73 Å². The molecule has 2 aromatic carbocycles. The van der Waals surface area contributed by atoms with Gasteiger partial charge < -0.3 is 5.73 Å². The first kappa shape index (κ1) is 13.3. The van der Waals surface area contributed by atoms with Gasteiger partial charge in [-0.1, -0.05) is 29.8 Å². The van der Waals surface area contributed by atoms with Crippen molar-refractivity contribution in [3.8, 4) is 0 Å². The Bertz CT molecular complexity index is 515. The SMILES string of the molecule is Cc1ccc(CSc2ccc(N)c(Cl)c2)cc1C. The third kappa shape index (κ3) is 3.21. The second kappa shape index (κ2) is 5.68.